The SMILES string of the molecule is C=C1CC2COC(=O)C2(Cc2ccc(C(=O)OCCN3CCCC3=O)cc2)C1. The van der Waals surface area contributed by atoms with Crippen LogP contribution in [0, 0.1) is 11.3 Å². The zero-order valence-electron chi connectivity index (χ0n) is 15.9. The van der Waals surface area contributed by atoms with Crippen molar-refractivity contribution in [3.63, 3.8) is 0 Å². The van der Waals surface area contributed by atoms with E-state index >= 15 is 0 Å². The van der Waals surface area contributed by atoms with E-state index in [1.165, 1.54) is 0 Å². The summed E-state index contributed by atoms with van der Waals surface area (Å²) in [6, 6.07) is 7.21. The Morgan fingerprint density at radius 2 is 2.07 bits per heavy atom. The van der Waals surface area contributed by atoms with E-state index in [4.69, 9.17) is 9.47 Å². The molecule has 1 aliphatic carbocycles. The van der Waals surface area contributed by atoms with E-state index in [9.17, 15) is 14.4 Å². The average molecular weight is 383 g/mol. The van der Waals surface area contributed by atoms with Crippen LogP contribution in [0.15, 0.2) is 36.4 Å². The predicted octanol–water partition coefficient (Wildman–Crippen LogP) is 2.52. The number of esters is 2. The van der Waals surface area contributed by atoms with E-state index in [0.717, 1.165) is 30.5 Å². The van der Waals surface area contributed by atoms with E-state index in [2.05, 4.69) is 6.58 Å². The van der Waals surface area contributed by atoms with Crippen LogP contribution in [0.25, 0.3) is 0 Å². The number of cyclic esters (lactones) is 1. The van der Waals surface area contributed by atoms with Crippen LogP contribution in [0.4, 0.5) is 0 Å². The zero-order chi connectivity index (χ0) is 19.7. The summed E-state index contributed by atoms with van der Waals surface area (Å²) in [5.41, 5.74) is 2.08. The fourth-order valence-corrected chi connectivity index (χ4v) is 4.66. The molecule has 1 saturated carbocycles. The number of hydrogen-bond donors (Lipinski definition) is 0. The minimum atomic E-state index is -0.499. The van der Waals surface area contributed by atoms with Gasteiger partial charge in [-0.25, -0.2) is 4.79 Å². The Kier molecular flexibility index (Phi) is 4.96. The van der Waals surface area contributed by atoms with Crippen LogP contribution >= 0.6 is 0 Å². The summed E-state index contributed by atoms with van der Waals surface area (Å²) in [6.45, 7) is 5.92. The van der Waals surface area contributed by atoms with Gasteiger partial charge in [-0.05, 0) is 43.4 Å². The van der Waals surface area contributed by atoms with E-state index in [0.29, 0.717) is 38.0 Å². The number of amides is 1. The Hall–Kier alpha value is -2.63. The highest BCUT2D eigenvalue weighted by Gasteiger charge is 2.55. The largest absolute Gasteiger partial charge is 0.465 e. The van der Waals surface area contributed by atoms with Gasteiger partial charge < -0.3 is 14.4 Å². The molecule has 6 heteroatoms. The van der Waals surface area contributed by atoms with Crippen molar-refractivity contribution in [1.29, 1.82) is 0 Å². The van der Waals surface area contributed by atoms with Crippen LogP contribution in [0.1, 0.15) is 41.6 Å². The van der Waals surface area contributed by atoms with Crippen molar-refractivity contribution >= 4 is 17.8 Å². The van der Waals surface area contributed by atoms with Gasteiger partial charge in [-0.15, -0.1) is 0 Å². The minimum absolute atomic E-state index is 0.123. The third-order valence-electron chi connectivity index (χ3n) is 6.18. The first-order valence-electron chi connectivity index (χ1n) is 9.86. The summed E-state index contributed by atoms with van der Waals surface area (Å²) in [7, 11) is 0. The Morgan fingerprint density at radius 3 is 2.79 bits per heavy atom. The molecular weight excluding hydrogens is 358 g/mol. The van der Waals surface area contributed by atoms with Gasteiger partial charge in [-0.2, -0.15) is 0 Å². The number of allylic oxidation sites excluding steroid dienone is 1. The molecule has 2 heterocycles. The molecule has 1 aromatic carbocycles. The van der Waals surface area contributed by atoms with Crippen molar-refractivity contribution in [1.82, 2.24) is 4.90 Å². The first-order chi connectivity index (χ1) is 13.5. The molecular formula is C22H25NO5. The second-order valence-electron chi connectivity index (χ2n) is 8.08. The zero-order valence-corrected chi connectivity index (χ0v) is 15.9. The van der Waals surface area contributed by atoms with Gasteiger partial charge in [-0.1, -0.05) is 24.3 Å². The fraction of sp³-hybridized carbons (Fsp3) is 0.500. The Morgan fingerprint density at radius 1 is 1.29 bits per heavy atom. The Labute approximate surface area is 164 Å². The van der Waals surface area contributed by atoms with E-state index < -0.39 is 11.4 Å². The summed E-state index contributed by atoms with van der Waals surface area (Å²) in [4.78, 5) is 37.9. The van der Waals surface area contributed by atoms with Gasteiger partial charge >= 0.3 is 11.9 Å². The van der Waals surface area contributed by atoms with Gasteiger partial charge in [-0.3, -0.25) is 9.59 Å². The third-order valence-corrected chi connectivity index (χ3v) is 6.18. The molecule has 6 nitrogen and oxygen atoms in total. The maximum atomic E-state index is 12.4. The monoisotopic (exact) mass is 383 g/mol. The molecule has 2 unspecified atom stereocenters. The van der Waals surface area contributed by atoms with Gasteiger partial charge in [0, 0.05) is 18.9 Å². The number of hydrogen-bond acceptors (Lipinski definition) is 5. The molecule has 3 aliphatic rings. The molecule has 0 N–H and O–H groups in total. The molecule has 4 rings (SSSR count). The predicted molar refractivity (Wildman–Crippen MR) is 101 cm³/mol. The Bertz CT molecular complexity index is 815. The normalized spacial score (nSPS) is 26.5. The van der Waals surface area contributed by atoms with Crippen molar-refractivity contribution in [3.05, 3.63) is 47.5 Å². The average Bonchev–Trinajstić information content (AvgIpc) is 3.31. The molecule has 0 bridgehead atoms. The highest BCUT2D eigenvalue weighted by molar-refractivity contribution is 5.89. The highest BCUT2D eigenvalue weighted by Crippen LogP contribution is 2.52. The number of fused-ring (bicyclic) bond motifs is 1. The van der Waals surface area contributed by atoms with Crippen molar-refractivity contribution in [2.45, 2.75) is 32.1 Å². The van der Waals surface area contributed by atoms with Gasteiger partial charge in [0.1, 0.15) is 6.61 Å². The van der Waals surface area contributed by atoms with Gasteiger partial charge in [0.15, 0.2) is 0 Å². The van der Waals surface area contributed by atoms with Crippen molar-refractivity contribution in [3.8, 4) is 0 Å². The summed E-state index contributed by atoms with van der Waals surface area (Å²) >= 11 is 0. The molecule has 2 atom stereocenters. The number of carbonyl (C=O) groups is 3. The van der Waals surface area contributed by atoms with Crippen LogP contribution in [0.3, 0.4) is 0 Å². The first-order valence-corrected chi connectivity index (χ1v) is 9.86. The molecule has 0 radical (unpaired) electrons. The van der Waals surface area contributed by atoms with Gasteiger partial charge in [0.25, 0.3) is 0 Å². The summed E-state index contributed by atoms with van der Waals surface area (Å²) in [6.07, 6.45) is 3.57. The maximum Gasteiger partial charge on any atom is 0.338 e. The van der Waals surface area contributed by atoms with Crippen LogP contribution < -0.4 is 0 Å². The number of nitrogens with zero attached hydrogens (tertiary/aromatic N) is 1. The smallest absolute Gasteiger partial charge is 0.338 e. The number of rotatable bonds is 6. The van der Waals surface area contributed by atoms with Crippen LogP contribution in [-0.2, 0) is 25.5 Å². The molecule has 28 heavy (non-hydrogen) atoms. The fourth-order valence-electron chi connectivity index (χ4n) is 4.66. The molecule has 2 saturated heterocycles. The second-order valence-corrected chi connectivity index (χ2v) is 8.08. The summed E-state index contributed by atoms with van der Waals surface area (Å²) in [5.74, 6) is -0.205. The number of benzene rings is 1. The standard InChI is InChI=1S/C22H25NO5/c1-15-11-18-14-28-21(26)22(18,12-15)13-16-4-6-17(7-5-16)20(25)27-10-9-23-8-2-3-19(23)24/h4-7,18H,1-3,8-14H2. The molecule has 3 fully saturated rings. The molecule has 148 valence electrons. The van der Waals surface area contributed by atoms with E-state index in [1.54, 1.807) is 17.0 Å². The number of ether oxygens (including phenoxy) is 2. The number of likely N-dealkylation sites (tertiary alicyclic amines) is 1. The first kappa shape index (κ1) is 18.7. The highest BCUT2D eigenvalue weighted by atomic mass is 16.5. The third kappa shape index (κ3) is 3.43. The Balaban J connectivity index is 1.34. The topological polar surface area (TPSA) is 72.9 Å². The lowest BCUT2D eigenvalue weighted by Gasteiger charge is -2.24. The summed E-state index contributed by atoms with van der Waals surface area (Å²) < 4.78 is 10.6. The lowest BCUT2D eigenvalue weighted by atomic mass is 9.75. The molecule has 1 aromatic rings. The van der Waals surface area contributed by atoms with Gasteiger partial charge in [0.05, 0.1) is 24.1 Å². The second kappa shape index (κ2) is 7.41. The maximum absolute atomic E-state index is 12.4. The van der Waals surface area contributed by atoms with Crippen molar-refractivity contribution in [2.75, 3.05) is 26.3 Å². The van der Waals surface area contributed by atoms with Crippen LogP contribution in [-0.4, -0.2) is 49.0 Å². The quantitative estimate of drug-likeness (QED) is 0.558. The minimum Gasteiger partial charge on any atom is -0.465 e. The van der Waals surface area contributed by atoms with E-state index in [1.807, 2.05) is 12.1 Å². The molecule has 1 amide bonds. The van der Waals surface area contributed by atoms with Crippen molar-refractivity contribution in [2.24, 2.45) is 11.3 Å². The van der Waals surface area contributed by atoms with Crippen LogP contribution in [0.5, 0.6) is 0 Å². The molecule has 0 spiro atoms. The summed E-state index contributed by atoms with van der Waals surface area (Å²) in [5, 5.41) is 0. The van der Waals surface area contributed by atoms with Gasteiger partial charge in [0.2, 0.25) is 5.91 Å². The van der Waals surface area contributed by atoms with Crippen LogP contribution in [0.2, 0.25) is 0 Å². The lowest BCUT2D eigenvalue weighted by molar-refractivity contribution is -0.146. The van der Waals surface area contributed by atoms with Crippen molar-refractivity contribution < 1.29 is 23.9 Å². The lowest BCUT2D eigenvalue weighted by Crippen LogP contribution is -2.31. The molecule has 0 aromatic heterocycles. The number of carbonyl (C=O) groups excluding carboxylic acids is 3. The van der Waals surface area contributed by atoms with E-state index in [-0.39, 0.29) is 24.4 Å². The molecule has 2 aliphatic heterocycles.